The van der Waals surface area contributed by atoms with Gasteiger partial charge in [0.25, 0.3) is 0 Å². The zero-order valence-electron chi connectivity index (χ0n) is 22.1. The van der Waals surface area contributed by atoms with Crippen LogP contribution in [0.5, 0.6) is 23.0 Å². The van der Waals surface area contributed by atoms with Gasteiger partial charge >= 0.3 is 0 Å². The van der Waals surface area contributed by atoms with Crippen molar-refractivity contribution in [2.45, 2.75) is 25.9 Å². The summed E-state index contributed by atoms with van der Waals surface area (Å²) >= 11 is 6.46. The molecule has 1 aromatic heterocycles. The molecule has 0 unspecified atom stereocenters. The summed E-state index contributed by atoms with van der Waals surface area (Å²) in [4.78, 5) is 31.8. The van der Waals surface area contributed by atoms with Gasteiger partial charge in [-0.25, -0.2) is 4.98 Å². The van der Waals surface area contributed by atoms with Crippen molar-refractivity contribution in [3.8, 4) is 34.5 Å². The smallest absolute Gasteiger partial charge is 0.236 e. The van der Waals surface area contributed by atoms with Gasteiger partial charge in [0.05, 0.1) is 19.8 Å². The van der Waals surface area contributed by atoms with Crippen LogP contribution in [0.2, 0.25) is 5.02 Å². The number of aryl methyl sites for hydroxylation is 1. The van der Waals surface area contributed by atoms with E-state index in [9.17, 15) is 14.7 Å². The summed E-state index contributed by atoms with van der Waals surface area (Å²) < 4.78 is 22.7. The van der Waals surface area contributed by atoms with Gasteiger partial charge in [0, 0.05) is 29.4 Å². The van der Waals surface area contributed by atoms with Crippen molar-refractivity contribution in [2.75, 3.05) is 19.5 Å². The zero-order valence-corrected chi connectivity index (χ0v) is 22.9. The third kappa shape index (κ3) is 3.80. The lowest BCUT2D eigenvalue weighted by Crippen LogP contribution is -2.55. The van der Waals surface area contributed by atoms with Crippen LogP contribution in [-0.4, -0.2) is 41.5 Å². The summed E-state index contributed by atoms with van der Waals surface area (Å²) in [7, 11) is 2.86. The van der Waals surface area contributed by atoms with Gasteiger partial charge in [-0.1, -0.05) is 24.6 Å². The van der Waals surface area contributed by atoms with E-state index in [0.717, 1.165) is 5.56 Å². The molecule has 9 nitrogen and oxygen atoms in total. The van der Waals surface area contributed by atoms with E-state index in [2.05, 4.69) is 10.3 Å². The molecular weight excluding hydrogens is 536 g/mol. The zero-order chi connectivity index (χ0) is 28.3. The maximum atomic E-state index is 13.7. The van der Waals surface area contributed by atoms with Crippen molar-refractivity contribution in [3.63, 3.8) is 0 Å². The number of benzene rings is 3. The van der Waals surface area contributed by atoms with Crippen molar-refractivity contribution in [1.29, 1.82) is 0 Å². The minimum absolute atomic E-state index is 0.00109. The van der Waals surface area contributed by atoms with Gasteiger partial charge in [-0.2, -0.15) is 0 Å². The third-order valence-corrected chi connectivity index (χ3v) is 7.74. The van der Waals surface area contributed by atoms with Crippen molar-refractivity contribution in [3.05, 3.63) is 70.4 Å². The number of allylic oxidation sites excluding steroid dienone is 1. The number of methoxy groups -OCH3 is 2. The number of aromatic hydroxyl groups is 1. The van der Waals surface area contributed by atoms with Crippen molar-refractivity contribution < 1.29 is 33.3 Å². The minimum Gasteiger partial charge on any atom is -0.507 e. The molecule has 1 spiro atoms. The lowest BCUT2D eigenvalue weighted by molar-refractivity contribution is -0.129. The Kier molecular flexibility index (Phi) is 5.99. The van der Waals surface area contributed by atoms with Gasteiger partial charge in [-0.3, -0.25) is 9.59 Å². The number of nitrogens with one attached hydrogen (secondary N) is 1. The fourth-order valence-corrected chi connectivity index (χ4v) is 5.60. The Hall–Kier alpha value is -4.50. The first kappa shape index (κ1) is 25.8. The maximum Gasteiger partial charge on any atom is 0.236 e. The minimum atomic E-state index is -1.77. The number of carbonyl (C=O) groups is 2. The van der Waals surface area contributed by atoms with Crippen LogP contribution >= 0.6 is 11.6 Å². The second kappa shape index (κ2) is 9.31. The molecule has 4 aromatic rings. The Morgan fingerprint density at radius 2 is 1.88 bits per heavy atom. The van der Waals surface area contributed by atoms with E-state index in [4.69, 9.17) is 30.2 Å². The standard InChI is InChI=1S/C30H25ClN2O7/c1-14-5-8-21-19(9-14)33-29(39-21)18-11-16(6-7-20(18)34)32-17-10-15(2)30(24(35)12-17)28(36)25-22(37-3)13-23(38-4)26(31)27(25)40-30/h5-9,11-13,15,32,34H,10H2,1-4H3/t15-,30+/m1/s1. The molecule has 2 atom stereocenters. The number of aromatic nitrogens is 1. The Morgan fingerprint density at radius 1 is 1.10 bits per heavy atom. The molecule has 0 fully saturated rings. The number of phenols is 1. The number of carbonyl (C=O) groups excluding carboxylic acids is 2. The average molecular weight is 561 g/mol. The summed E-state index contributed by atoms with van der Waals surface area (Å²) in [5.74, 6) is -0.730. The monoisotopic (exact) mass is 560 g/mol. The highest BCUT2D eigenvalue weighted by molar-refractivity contribution is 6.36. The van der Waals surface area contributed by atoms with E-state index >= 15 is 0 Å². The lowest BCUT2D eigenvalue weighted by atomic mass is 9.74. The molecular formula is C30H25ClN2O7. The van der Waals surface area contributed by atoms with Gasteiger partial charge in [0.2, 0.25) is 23.1 Å². The largest absolute Gasteiger partial charge is 0.507 e. The number of anilines is 1. The van der Waals surface area contributed by atoms with E-state index in [-0.39, 0.29) is 39.5 Å². The molecule has 2 aliphatic rings. The molecule has 1 aliphatic heterocycles. The van der Waals surface area contributed by atoms with Crippen molar-refractivity contribution >= 4 is 40.0 Å². The number of hydrogen-bond donors (Lipinski definition) is 2. The van der Waals surface area contributed by atoms with Crippen LogP contribution in [0.1, 0.15) is 29.3 Å². The predicted octanol–water partition coefficient (Wildman–Crippen LogP) is 6.10. The number of rotatable bonds is 5. The van der Waals surface area contributed by atoms with Crippen molar-refractivity contribution in [1.82, 2.24) is 4.98 Å². The summed E-state index contributed by atoms with van der Waals surface area (Å²) in [6, 6.07) is 12.1. The van der Waals surface area contributed by atoms with E-state index in [1.807, 2.05) is 25.1 Å². The summed E-state index contributed by atoms with van der Waals surface area (Å²) in [5.41, 5.74) is 2.26. The predicted molar refractivity (Wildman–Crippen MR) is 149 cm³/mol. The highest BCUT2D eigenvalue weighted by Gasteiger charge is 2.60. The average Bonchev–Trinajstić information content (AvgIpc) is 3.48. The molecule has 1 aliphatic carbocycles. The summed E-state index contributed by atoms with van der Waals surface area (Å²) in [6.45, 7) is 3.74. The first-order chi connectivity index (χ1) is 19.2. The van der Waals surface area contributed by atoms with Gasteiger partial charge in [0.1, 0.15) is 33.4 Å². The highest BCUT2D eigenvalue weighted by Crippen LogP contribution is 2.53. The van der Waals surface area contributed by atoms with E-state index in [1.165, 1.54) is 32.4 Å². The Balaban J connectivity index is 1.31. The van der Waals surface area contributed by atoms with Crippen LogP contribution in [0, 0.1) is 12.8 Å². The molecule has 3 aromatic carbocycles. The first-order valence-electron chi connectivity index (χ1n) is 12.6. The van der Waals surface area contributed by atoms with Crippen molar-refractivity contribution in [2.24, 2.45) is 5.92 Å². The fraction of sp³-hybridized carbons (Fsp3) is 0.233. The molecule has 0 saturated heterocycles. The number of Topliss-reactive ketones (excluding diaryl/α,β-unsaturated/α-hetero) is 1. The number of oxazole rings is 1. The Labute approximate surface area is 234 Å². The normalized spacial score (nSPS) is 19.9. The van der Waals surface area contributed by atoms with Crippen LogP contribution in [0.4, 0.5) is 5.69 Å². The second-order valence-electron chi connectivity index (χ2n) is 9.95. The van der Waals surface area contributed by atoms with Gasteiger partial charge in [0.15, 0.2) is 11.3 Å². The maximum absolute atomic E-state index is 13.7. The SMILES string of the molecule is COc1cc(OC)c2c(c1Cl)O[C@@]1(C(=O)C=C(Nc3ccc(O)c(-c4nc5cc(C)ccc5o4)c3)C[C@H]1C)C2=O. The first-order valence-corrected chi connectivity index (χ1v) is 12.9. The molecule has 0 radical (unpaired) electrons. The molecule has 0 bridgehead atoms. The Bertz CT molecular complexity index is 1760. The van der Waals surface area contributed by atoms with E-state index in [1.54, 1.807) is 19.1 Å². The highest BCUT2D eigenvalue weighted by atomic mass is 35.5. The molecule has 10 heteroatoms. The van der Waals surface area contributed by atoms with Gasteiger partial charge in [-0.05, 0) is 49.2 Å². The second-order valence-corrected chi connectivity index (χ2v) is 10.3. The van der Waals surface area contributed by atoms with Crippen LogP contribution < -0.4 is 19.5 Å². The van der Waals surface area contributed by atoms with Crippen LogP contribution in [-0.2, 0) is 4.79 Å². The molecule has 2 heterocycles. The molecule has 0 amide bonds. The molecule has 6 rings (SSSR count). The van der Waals surface area contributed by atoms with Crippen LogP contribution in [0.15, 0.2) is 58.7 Å². The number of fused-ring (bicyclic) bond motifs is 2. The molecule has 2 N–H and O–H groups in total. The summed E-state index contributed by atoms with van der Waals surface area (Å²) in [6.07, 6.45) is 1.69. The van der Waals surface area contributed by atoms with Crippen LogP contribution in [0.3, 0.4) is 0 Å². The lowest BCUT2D eigenvalue weighted by Gasteiger charge is -2.35. The molecule has 0 saturated carbocycles. The third-order valence-electron chi connectivity index (χ3n) is 7.38. The molecule has 204 valence electrons. The van der Waals surface area contributed by atoms with Crippen LogP contribution in [0.25, 0.3) is 22.6 Å². The quantitative estimate of drug-likeness (QED) is 0.220. The fourth-order valence-electron chi connectivity index (χ4n) is 5.34. The summed E-state index contributed by atoms with van der Waals surface area (Å²) in [5, 5.41) is 13.9. The number of ether oxygens (including phenoxy) is 3. The van der Waals surface area contributed by atoms with E-state index in [0.29, 0.717) is 34.5 Å². The number of phenolic OH excluding ortho intramolecular Hbond substituents is 1. The number of halogens is 1. The molecule has 40 heavy (non-hydrogen) atoms. The number of ketones is 2. The number of hydrogen-bond acceptors (Lipinski definition) is 9. The topological polar surface area (TPSA) is 120 Å². The van der Waals surface area contributed by atoms with E-state index < -0.39 is 23.1 Å². The van der Waals surface area contributed by atoms with Gasteiger partial charge < -0.3 is 29.1 Å². The Morgan fingerprint density at radius 3 is 2.60 bits per heavy atom. The number of nitrogens with zero attached hydrogens (tertiary/aromatic N) is 1. The van der Waals surface area contributed by atoms with Gasteiger partial charge in [-0.15, -0.1) is 0 Å².